The summed E-state index contributed by atoms with van der Waals surface area (Å²) in [6.45, 7) is 30.2. The summed E-state index contributed by atoms with van der Waals surface area (Å²) in [6, 6.07) is 0. The number of ether oxygens (including phenoxy) is 3. The SMILES string of the molecule is CC(C(=O)OCCN1C(=O)C=CC1=O)C(C)(C)CC(C(=O)OCC[N+](C)(C)C)C(C)(C)C(C)(C)CC(C(=O)OCC[N+](C)(C)C(C)(C)CC(C)(C)C)C(C)(C)Cl. The molecule has 1 heterocycles. The Morgan fingerprint density at radius 2 is 1.12 bits per heavy atom. The fourth-order valence-corrected chi connectivity index (χ4v) is 7.50. The molecule has 12 heteroatoms. The summed E-state index contributed by atoms with van der Waals surface area (Å²) >= 11 is 7.01. The molecule has 1 aliphatic heterocycles. The number of likely N-dealkylation sites (N-methyl/N-ethyl adjacent to an activating group) is 2. The average Bonchev–Trinajstić information content (AvgIpc) is 3.31. The second-order valence-electron chi connectivity index (χ2n) is 22.0. The van der Waals surface area contributed by atoms with Gasteiger partial charge in [0.2, 0.25) is 0 Å². The first-order valence-corrected chi connectivity index (χ1v) is 20.6. The lowest BCUT2D eigenvalue weighted by Crippen LogP contribution is -2.58. The molecule has 324 valence electrons. The molecular weight excluding hydrogens is 734 g/mol. The molecule has 0 fully saturated rings. The summed E-state index contributed by atoms with van der Waals surface area (Å²) in [5.41, 5.74) is -2.07. The molecule has 3 atom stereocenters. The van der Waals surface area contributed by atoms with Gasteiger partial charge in [-0.15, -0.1) is 11.6 Å². The van der Waals surface area contributed by atoms with Crippen molar-refractivity contribution in [3.63, 3.8) is 0 Å². The third kappa shape index (κ3) is 14.7. The van der Waals surface area contributed by atoms with Crippen LogP contribution in [0.3, 0.4) is 0 Å². The predicted molar refractivity (Wildman–Crippen MR) is 223 cm³/mol. The Labute approximate surface area is 345 Å². The van der Waals surface area contributed by atoms with Crippen LogP contribution in [0.15, 0.2) is 12.2 Å². The number of halogens is 1. The van der Waals surface area contributed by atoms with Gasteiger partial charge in [-0.05, 0) is 62.2 Å². The number of quaternary nitrogens is 2. The lowest BCUT2D eigenvalue weighted by atomic mass is 9.54. The van der Waals surface area contributed by atoms with Crippen molar-refractivity contribution in [3.05, 3.63) is 12.2 Å². The first kappa shape index (κ1) is 51.5. The molecule has 0 radical (unpaired) electrons. The number of esters is 3. The number of hydrogen-bond acceptors (Lipinski definition) is 8. The lowest BCUT2D eigenvalue weighted by molar-refractivity contribution is -0.939. The Hall–Kier alpha value is -2.50. The molecule has 0 aromatic carbocycles. The van der Waals surface area contributed by atoms with Crippen LogP contribution in [0.4, 0.5) is 0 Å². The maximum Gasteiger partial charge on any atom is 0.310 e. The molecule has 11 nitrogen and oxygen atoms in total. The van der Waals surface area contributed by atoms with Crippen molar-refractivity contribution >= 4 is 41.3 Å². The van der Waals surface area contributed by atoms with E-state index in [4.69, 9.17) is 25.8 Å². The maximum atomic E-state index is 14.3. The molecule has 56 heavy (non-hydrogen) atoms. The summed E-state index contributed by atoms with van der Waals surface area (Å²) in [4.78, 5) is 65.6. The van der Waals surface area contributed by atoms with Crippen LogP contribution in [0.2, 0.25) is 0 Å². The van der Waals surface area contributed by atoms with Gasteiger partial charge in [0.1, 0.15) is 32.9 Å². The molecule has 0 N–H and O–H groups in total. The number of carbonyl (C=O) groups excluding carboxylic acids is 5. The predicted octanol–water partition coefficient (Wildman–Crippen LogP) is 7.28. The summed E-state index contributed by atoms with van der Waals surface area (Å²) in [5.74, 6) is -4.12. The van der Waals surface area contributed by atoms with E-state index in [0.717, 1.165) is 11.3 Å². The molecule has 0 saturated carbocycles. The van der Waals surface area contributed by atoms with Gasteiger partial charge in [0.25, 0.3) is 11.8 Å². The van der Waals surface area contributed by atoms with E-state index in [9.17, 15) is 24.0 Å². The van der Waals surface area contributed by atoms with Crippen LogP contribution in [0, 0.1) is 39.4 Å². The highest BCUT2D eigenvalue weighted by atomic mass is 35.5. The van der Waals surface area contributed by atoms with Crippen LogP contribution in [-0.4, -0.2) is 129 Å². The normalized spacial score (nSPS) is 16.8. The van der Waals surface area contributed by atoms with E-state index in [2.05, 4.69) is 62.6 Å². The van der Waals surface area contributed by atoms with Gasteiger partial charge in [0.15, 0.2) is 0 Å². The molecule has 0 bridgehead atoms. The molecule has 0 spiro atoms. The van der Waals surface area contributed by atoms with Crippen molar-refractivity contribution in [3.8, 4) is 0 Å². The number of imide groups is 1. The Bertz CT molecular complexity index is 1410. The first-order chi connectivity index (χ1) is 24.9. The molecule has 0 aromatic heterocycles. The van der Waals surface area contributed by atoms with Gasteiger partial charge in [-0.1, -0.05) is 69.2 Å². The van der Waals surface area contributed by atoms with E-state index >= 15 is 0 Å². The number of nitrogens with zero attached hydrogens (tertiary/aromatic N) is 3. The highest BCUT2D eigenvalue weighted by Gasteiger charge is 2.53. The van der Waals surface area contributed by atoms with Crippen LogP contribution in [0.5, 0.6) is 0 Å². The van der Waals surface area contributed by atoms with Gasteiger partial charge >= 0.3 is 17.9 Å². The van der Waals surface area contributed by atoms with Gasteiger partial charge in [0.05, 0.1) is 69.9 Å². The van der Waals surface area contributed by atoms with Crippen LogP contribution in [0.1, 0.15) is 116 Å². The summed E-state index contributed by atoms with van der Waals surface area (Å²) in [5, 5.41) is 0. The minimum Gasteiger partial charge on any atom is -0.464 e. The van der Waals surface area contributed by atoms with Gasteiger partial charge < -0.3 is 23.2 Å². The Kier molecular flexibility index (Phi) is 17.1. The van der Waals surface area contributed by atoms with Gasteiger partial charge in [0, 0.05) is 18.6 Å². The van der Waals surface area contributed by atoms with E-state index in [1.165, 1.54) is 12.2 Å². The summed E-state index contributed by atoms with van der Waals surface area (Å²) in [7, 11) is 10.4. The standard InChI is InChI=1S/C44H80ClN3O8/c1-31(36(51)54-25-22-46-34(49)20-21-35(46)50)40(5,6)28-32(37(52)55-26-23-47(15,16)17)43(11,12)41(7,8)29-33(44(13,14)45)38(53)56-27-24-48(18,19)42(9,10)30-39(2,3)4/h20-21,31-33H,22-30H2,1-19H3/q+2. The highest BCUT2D eigenvalue weighted by Crippen LogP contribution is 2.54. The van der Waals surface area contributed by atoms with Crippen molar-refractivity contribution in [1.29, 1.82) is 0 Å². The van der Waals surface area contributed by atoms with E-state index in [0.29, 0.717) is 28.5 Å². The number of rotatable bonds is 22. The van der Waals surface area contributed by atoms with Crippen LogP contribution in [0.25, 0.3) is 0 Å². The largest absolute Gasteiger partial charge is 0.464 e. The zero-order valence-corrected chi connectivity index (χ0v) is 39.5. The number of alkyl halides is 1. The molecule has 0 aliphatic carbocycles. The Morgan fingerprint density at radius 3 is 1.57 bits per heavy atom. The smallest absolute Gasteiger partial charge is 0.310 e. The van der Waals surface area contributed by atoms with Crippen molar-refractivity contribution in [2.45, 2.75) is 127 Å². The monoisotopic (exact) mass is 814 g/mol. The number of amides is 2. The average molecular weight is 815 g/mol. The minimum absolute atomic E-state index is 0.0430. The zero-order valence-electron chi connectivity index (χ0n) is 38.7. The highest BCUT2D eigenvalue weighted by molar-refractivity contribution is 6.24. The molecule has 3 unspecified atom stereocenters. The lowest BCUT2D eigenvalue weighted by Gasteiger charge is -2.50. The van der Waals surface area contributed by atoms with E-state index < -0.39 is 56.7 Å². The fourth-order valence-electron chi connectivity index (χ4n) is 7.33. The van der Waals surface area contributed by atoms with E-state index in [1.807, 2.05) is 62.7 Å². The van der Waals surface area contributed by atoms with Crippen LogP contribution < -0.4 is 0 Å². The zero-order chi connectivity index (χ0) is 44.1. The molecule has 1 aliphatic rings. The quantitative estimate of drug-likeness (QED) is 0.0368. The van der Waals surface area contributed by atoms with Crippen molar-refractivity contribution in [1.82, 2.24) is 4.90 Å². The van der Waals surface area contributed by atoms with E-state index in [1.54, 1.807) is 6.92 Å². The maximum absolute atomic E-state index is 14.3. The van der Waals surface area contributed by atoms with Gasteiger partial charge in [-0.3, -0.25) is 28.9 Å². The summed E-state index contributed by atoms with van der Waals surface area (Å²) in [6.07, 6.45) is 4.00. The third-order valence-electron chi connectivity index (χ3n) is 12.9. The first-order valence-electron chi connectivity index (χ1n) is 20.2. The third-order valence-corrected chi connectivity index (χ3v) is 13.2. The Morgan fingerprint density at radius 1 is 0.679 bits per heavy atom. The van der Waals surface area contributed by atoms with Crippen molar-refractivity contribution in [2.24, 2.45) is 39.4 Å². The molecule has 0 aromatic rings. The number of carbonyl (C=O) groups is 5. The molecule has 1 rings (SSSR count). The van der Waals surface area contributed by atoms with Gasteiger partial charge in [-0.25, -0.2) is 0 Å². The van der Waals surface area contributed by atoms with Crippen LogP contribution >= 0.6 is 11.6 Å². The molecular formula is C44H80ClN3O8+2. The molecule has 0 saturated heterocycles. The van der Waals surface area contributed by atoms with Crippen molar-refractivity contribution in [2.75, 3.05) is 74.7 Å². The van der Waals surface area contributed by atoms with Gasteiger partial charge in [-0.2, -0.15) is 0 Å². The summed E-state index contributed by atoms with van der Waals surface area (Å²) < 4.78 is 18.9. The molecule has 2 amide bonds. The topological polar surface area (TPSA) is 116 Å². The van der Waals surface area contributed by atoms with Crippen LogP contribution in [-0.2, 0) is 38.2 Å². The fraction of sp³-hybridized carbons (Fsp3) is 0.841. The van der Waals surface area contributed by atoms with E-state index in [-0.39, 0.29) is 55.7 Å². The number of hydrogen-bond donors (Lipinski definition) is 0. The second-order valence-corrected chi connectivity index (χ2v) is 23.0. The minimum atomic E-state index is -0.946. The van der Waals surface area contributed by atoms with Crippen molar-refractivity contribution < 1.29 is 47.1 Å². The second kappa shape index (κ2) is 18.6. The Balaban J connectivity index is 3.35.